The zero-order valence-corrected chi connectivity index (χ0v) is 12.4. The number of furan rings is 1. The molecule has 0 aliphatic heterocycles. The van der Waals surface area contributed by atoms with E-state index in [0.29, 0.717) is 17.3 Å². The maximum atomic E-state index is 12.6. The molecule has 0 saturated heterocycles. The molecule has 0 saturated carbocycles. The van der Waals surface area contributed by atoms with Gasteiger partial charge in [-0.15, -0.1) is 0 Å². The van der Waals surface area contributed by atoms with Crippen LogP contribution in [0.4, 0.5) is 18.9 Å². The van der Waals surface area contributed by atoms with E-state index in [9.17, 15) is 13.2 Å². The lowest BCUT2D eigenvalue weighted by Crippen LogP contribution is -2.29. The number of aryl methyl sites for hydroxylation is 1. The fraction of sp³-hybridized carbons (Fsp3) is 0.267. The first-order chi connectivity index (χ1) is 10.4. The van der Waals surface area contributed by atoms with Crippen molar-refractivity contribution in [3.8, 4) is 0 Å². The Morgan fingerprint density at radius 1 is 1.18 bits per heavy atom. The van der Waals surface area contributed by atoms with Gasteiger partial charge in [0.1, 0.15) is 5.76 Å². The number of nitrogens with one attached hydrogen (secondary N) is 2. The molecule has 2 N–H and O–H groups in total. The highest BCUT2D eigenvalue weighted by Crippen LogP contribution is 2.30. The molecule has 0 aliphatic carbocycles. The minimum atomic E-state index is -4.37. The first-order valence-corrected chi connectivity index (χ1v) is 7.10. The SMILES string of the molecule is FC(F)(F)c1cccc(NC(=S)NCCCc2ccco2)c1. The summed E-state index contributed by atoms with van der Waals surface area (Å²) < 4.78 is 43.0. The van der Waals surface area contributed by atoms with Crippen LogP contribution in [-0.4, -0.2) is 11.7 Å². The molecule has 0 unspecified atom stereocenters. The van der Waals surface area contributed by atoms with E-state index in [-0.39, 0.29) is 0 Å². The maximum absolute atomic E-state index is 12.6. The summed E-state index contributed by atoms with van der Waals surface area (Å²) >= 11 is 5.06. The van der Waals surface area contributed by atoms with Crippen LogP contribution in [0, 0.1) is 0 Å². The van der Waals surface area contributed by atoms with Gasteiger partial charge in [-0.25, -0.2) is 0 Å². The van der Waals surface area contributed by atoms with Gasteiger partial charge in [-0.2, -0.15) is 13.2 Å². The van der Waals surface area contributed by atoms with Gasteiger partial charge in [0, 0.05) is 18.7 Å². The number of hydrogen-bond acceptors (Lipinski definition) is 2. The maximum Gasteiger partial charge on any atom is 0.416 e. The van der Waals surface area contributed by atoms with E-state index in [1.54, 1.807) is 6.26 Å². The van der Waals surface area contributed by atoms with Gasteiger partial charge in [-0.3, -0.25) is 0 Å². The summed E-state index contributed by atoms with van der Waals surface area (Å²) in [4.78, 5) is 0. The molecule has 0 amide bonds. The number of rotatable bonds is 5. The third-order valence-electron chi connectivity index (χ3n) is 2.91. The van der Waals surface area contributed by atoms with Crippen molar-refractivity contribution in [3.63, 3.8) is 0 Å². The Hall–Kier alpha value is -2.02. The standard InChI is InChI=1S/C15H15F3N2OS/c16-15(17,18)11-4-1-5-12(10-11)20-14(22)19-8-2-6-13-7-3-9-21-13/h1,3-5,7,9-10H,2,6,8H2,(H2,19,20,22). The molecule has 2 rings (SSSR count). The summed E-state index contributed by atoms with van der Waals surface area (Å²) in [6, 6.07) is 8.63. The third-order valence-corrected chi connectivity index (χ3v) is 3.16. The van der Waals surface area contributed by atoms with Crippen molar-refractivity contribution in [2.24, 2.45) is 0 Å². The minimum Gasteiger partial charge on any atom is -0.469 e. The number of hydrogen-bond donors (Lipinski definition) is 2. The van der Waals surface area contributed by atoms with Crippen LogP contribution in [0.25, 0.3) is 0 Å². The third kappa shape index (κ3) is 5.07. The number of halogens is 3. The second-order valence-corrected chi connectivity index (χ2v) is 5.05. The monoisotopic (exact) mass is 328 g/mol. The van der Waals surface area contributed by atoms with Crippen molar-refractivity contribution in [1.29, 1.82) is 0 Å². The van der Waals surface area contributed by atoms with Crippen LogP contribution >= 0.6 is 12.2 Å². The van der Waals surface area contributed by atoms with Crippen molar-refractivity contribution in [3.05, 3.63) is 54.0 Å². The van der Waals surface area contributed by atoms with Gasteiger partial charge >= 0.3 is 6.18 Å². The van der Waals surface area contributed by atoms with Gasteiger partial charge in [0.05, 0.1) is 11.8 Å². The zero-order valence-electron chi connectivity index (χ0n) is 11.6. The van der Waals surface area contributed by atoms with E-state index in [1.165, 1.54) is 12.1 Å². The highest BCUT2D eigenvalue weighted by atomic mass is 32.1. The van der Waals surface area contributed by atoms with E-state index in [0.717, 1.165) is 30.7 Å². The fourth-order valence-corrected chi connectivity index (χ4v) is 2.09. The van der Waals surface area contributed by atoms with Crippen LogP contribution < -0.4 is 10.6 Å². The molecule has 22 heavy (non-hydrogen) atoms. The Labute approximate surface area is 131 Å². The van der Waals surface area contributed by atoms with Crippen molar-refractivity contribution >= 4 is 23.0 Å². The van der Waals surface area contributed by atoms with Gasteiger partial charge in [-0.1, -0.05) is 6.07 Å². The highest BCUT2D eigenvalue weighted by molar-refractivity contribution is 7.80. The predicted octanol–water partition coefficient (Wildman–Crippen LogP) is 4.22. The van der Waals surface area contributed by atoms with Crippen LogP contribution in [0.1, 0.15) is 17.7 Å². The van der Waals surface area contributed by atoms with Crippen LogP contribution in [-0.2, 0) is 12.6 Å². The highest BCUT2D eigenvalue weighted by Gasteiger charge is 2.30. The summed E-state index contributed by atoms with van der Waals surface area (Å²) in [6.07, 6.45) is -1.18. The summed E-state index contributed by atoms with van der Waals surface area (Å²) in [5.74, 6) is 0.888. The molecule has 0 radical (unpaired) electrons. The summed E-state index contributed by atoms with van der Waals surface area (Å²) in [7, 11) is 0. The Morgan fingerprint density at radius 3 is 2.68 bits per heavy atom. The second-order valence-electron chi connectivity index (χ2n) is 4.64. The lowest BCUT2D eigenvalue weighted by Gasteiger charge is -2.12. The molecule has 7 heteroatoms. The van der Waals surface area contributed by atoms with Gasteiger partial charge in [-0.05, 0) is 49.0 Å². The molecule has 2 aromatic rings. The largest absolute Gasteiger partial charge is 0.469 e. The Balaban J connectivity index is 1.77. The van der Waals surface area contributed by atoms with E-state index >= 15 is 0 Å². The molecule has 3 nitrogen and oxygen atoms in total. The molecule has 0 bridgehead atoms. The summed E-state index contributed by atoms with van der Waals surface area (Å²) in [5.41, 5.74) is -0.406. The Kier molecular flexibility index (Phi) is 5.43. The topological polar surface area (TPSA) is 37.2 Å². The molecular weight excluding hydrogens is 313 g/mol. The van der Waals surface area contributed by atoms with Crippen LogP contribution in [0.5, 0.6) is 0 Å². The van der Waals surface area contributed by atoms with Crippen molar-refractivity contribution in [1.82, 2.24) is 5.32 Å². The lowest BCUT2D eigenvalue weighted by atomic mass is 10.2. The first-order valence-electron chi connectivity index (χ1n) is 6.69. The molecule has 0 fully saturated rings. The minimum absolute atomic E-state index is 0.291. The molecule has 0 atom stereocenters. The van der Waals surface area contributed by atoms with Gasteiger partial charge in [0.2, 0.25) is 0 Å². The van der Waals surface area contributed by atoms with Crippen LogP contribution in [0.15, 0.2) is 47.1 Å². The average Bonchev–Trinajstić information content (AvgIpc) is 2.96. The van der Waals surface area contributed by atoms with E-state index in [1.807, 2.05) is 12.1 Å². The van der Waals surface area contributed by atoms with Crippen LogP contribution in [0.3, 0.4) is 0 Å². The van der Waals surface area contributed by atoms with Crippen LogP contribution in [0.2, 0.25) is 0 Å². The lowest BCUT2D eigenvalue weighted by molar-refractivity contribution is -0.137. The average molecular weight is 328 g/mol. The van der Waals surface area contributed by atoms with Gasteiger partial charge < -0.3 is 15.1 Å². The van der Waals surface area contributed by atoms with E-state index in [2.05, 4.69) is 10.6 Å². The fourth-order valence-electron chi connectivity index (χ4n) is 1.87. The molecule has 118 valence electrons. The van der Waals surface area contributed by atoms with E-state index in [4.69, 9.17) is 16.6 Å². The summed E-state index contributed by atoms with van der Waals surface area (Å²) in [6.45, 7) is 0.603. The molecular formula is C15H15F3N2OS. The normalized spacial score (nSPS) is 11.2. The van der Waals surface area contributed by atoms with Gasteiger partial charge in [0.25, 0.3) is 0 Å². The summed E-state index contributed by atoms with van der Waals surface area (Å²) in [5, 5.41) is 5.98. The Morgan fingerprint density at radius 2 is 2.00 bits per heavy atom. The van der Waals surface area contributed by atoms with E-state index < -0.39 is 11.7 Å². The number of benzene rings is 1. The first kappa shape index (κ1) is 16.4. The quantitative estimate of drug-likeness (QED) is 0.637. The second kappa shape index (κ2) is 7.31. The van der Waals surface area contributed by atoms with Crippen molar-refractivity contribution < 1.29 is 17.6 Å². The molecule has 0 aliphatic rings. The Bertz CT molecular complexity index is 612. The molecule has 0 spiro atoms. The van der Waals surface area contributed by atoms with Crippen molar-refractivity contribution in [2.75, 3.05) is 11.9 Å². The van der Waals surface area contributed by atoms with Gasteiger partial charge in [0.15, 0.2) is 5.11 Å². The predicted molar refractivity (Wildman–Crippen MR) is 82.7 cm³/mol. The smallest absolute Gasteiger partial charge is 0.416 e. The zero-order chi connectivity index (χ0) is 16.0. The number of anilines is 1. The molecule has 1 heterocycles. The number of thiocarbonyl (C=S) groups is 1. The number of alkyl halides is 3. The molecule has 1 aromatic heterocycles. The molecule has 1 aromatic carbocycles. The van der Waals surface area contributed by atoms with Crippen molar-refractivity contribution in [2.45, 2.75) is 19.0 Å².